The van der Waals surface area contributed by atoms with E-state index in [1.807, 2.05) is 18.2 Å². The summed E-state index contributed by atoms with van der Waals surface area (Å²) in [6, 6.07) is 10.2. The molecule has 2 rings (SSSR count). The van der Waals surface area contributed by atoms with Gasteiger partial charge in [-0.25, -0.2) is 4.79 Å². The van der Waals surface area contributed by atoms with E-state index in [4.69, 9.17) is 0 Å². The number of aliphatic hydroxyl groups excluding tert-OH is 1. The van der Waals surface area contributed by atoms with Crippen LogP contribution in [-0.2, 0) is 6.42 Å². The molecule has 6 heteroatoms. The number of benzene rings is 1. The van der Waals surface area contributed by atoms with Crippen LogP contribution in [0.4, 0.5) is 4.79 Å². The van der Waals surface area contributed by atoms with E-state index in [1.54, 1.807) is 4.90 Å². The molecule has 1 heterocycles. The van der Waals surface area contributed by atoms with Crippen molar-refractivity contribution in [1.29, 1.82) is 0 Å². The molecule has 1 aliphatic rings. The Hall–Kier alpha value is -1.63. The van der Waals surface area contributed by atoms with Crippen LogP contribution in [0.1, 0.15) is 25.8 Å². The molecule has 0 bridgehead atoms. The van der Waals surface area contributed by atoms with Crippen molar-refractivity contribution < 1.29 is 9.90 Å². The summed E-state index contributed by atoms with van der Waals surface area (Å²) in [4.78, 5) is 19.5. The highest BCUT2D eigenvalue weighted by atomic mass is 16.3. The van der Waals surface area contributed by atoms with Crippen molar-refractivity contribution in [2.75, 3.05) is 59.5 Å². The topological polar surface area (TPSA) is 59.0 Å². The lowest BCUT2D eigenvalue weighted by molar-refractivity contribution is 0.133. The molecule has 0 aliphatic carbocycles. The zero-order valence-corrected chi connectivity index (χ0v) is 17.8. The van der Waals surface area contributed by atoms with Gasteiger partial charge in [-0.05, 0) is 31.4 Å². The number of likely N-dealkylation sites (N-methyl/N-ethyl adjacent to an activating group) is 1. The van der Waals surface area contributed by atoms with Crippen LogP contribution in [0, 0.1) is 5.92 Å². The van der Waals surface area contributed by atoms with Crippen molar-refractivity contribution in [3.8, 4) is 0 Å². The number of piperazine rings is 1. The van der Waals surface area contributed by atoms with E-state index in [2.05, 4.69) is 48.1 Å². The maximum Gasteiger partial charge on any atom is 0.317 e. The number of aliphatic hydroxyl groups is 1. The van der Waals surface area contributed by atoms with Crippen molar-refractivity contribution in [3.63, 3.8) is 0 Å². The first kappa shape index (κ1) is 22.7. The number of rotatable bonds is 10. The number of nitrogens with one attached hydrogen (secondary N) is 1. The minimum Gasteiger partial charge on any atom is -0.395 e. The smallest absolute Gasteiger partial charge is 0.317 e. The maximum atomic E-state index is 12.9. The third-order valence-electron chi connectivity index (χ3n) is 5.33. The number of carbonyl (C=O) groups is 1. The lowest BCUT2D eigenvalue weighted by Gasteiger charge is -2.36. The predicted molar refractivity (Wildman–Crippen MR) is 115 cm³/mol. The Morgan fingerprint density at radius 1 is 1.14 bits per heavy atom. The Morgan fingerprint density at radius 2 is 1.82 bits per heavy atom. The summed E-state index contributed by atoms with van der Waals surface area (Å²) in [6.07, 6.45) is 1.76. The average molecular weight is 391 g/mol. The van der Waals surface area contributed by atoms with E-state index in [0.29, 0.717) is 19.0 Å². The Balaban J connectivity index is 1.91. The number of urea groups is 1. The van der Waals surface area contributed by atoms with E-state index in [0.717, 1.165) is 45.6 Å². The maximum absolute atomic E-state index is 12.9. The van der Waals surface area contributed by atoms with Gasteiger partial charge in [-0.15, -0.1) is 0 Å². The highest BCUT2D eigenvalue weighted by Gasteiger charge is 2.22. The fourth-order valence-electron chi connectivity index (χ4n) is 3.70. The van der Waals surface area contributed by atoms with Gasteiger partial charge in [0.05, 0.1) is 6.61 Å². The third kappa shape index (κ3) is 8.17. The molecule has 1 atom stereocenters. The van der Waals surface area contributed by atoms with E-state index < -0.39 is 0 Å². The molecule has 0 radical (unpaired) electrons. The minimum absolute atomic E-state index is 0.0183. The summed E-state index contributed by atoms with van der Waals surface area (Å²) in [5.74, 6) is 0.522. The predicted octanol–water partition coefficient (Wildman–Crippen LogP) is 1.90. The molecule has 1 saturated heterocycles. The second-order valence-electron chi connectivity index (χ2n) is 8.33. The van der Waals surface area contributed by atoms with Gasteiger partial charge in [-0.2, -0.15) is 0 Å². The first-order valence-corrected chi connectivity index (χ1v) is 10.6. The highest BCUT2D eigenvalue weighted by molar-refractivity contribution is 5.74. The molecule has 2 N–H and O–H groups in total. The van der Waals surface area contributed by atoms with Crippen molar-refractivity contribution >= 4 is 6.03 Å². The first-order chi connectivity index (χ1) is 13.5. The molecule has 158 valence electrons. The van der Waals surface area contributed by atoms with Gasteiger partial charge < -0.3 is 20.2 Å². The zero-order valence-electron chi connectivity index (χ0n) is 17.8. The Morgan fingerprint density at radius 3 is 2.43 bits per heavy atom. The fourth-order valence-corrected chi connectivity index (χ4v) is 3.70. The molecule has 0 saturated carbocycles. The van der Waals surface area contributed by atoms with Gasteiger partial charge in [0.1, 0.15) is 0 Å². The van der Waals surface area contributed by atoms with Crippen LogP contribution < -0.4 is 5.32 Å². The summed E-state index contributed by atoms with van der Waals surface area (Å²) < 4.78 is 0. The van der Waals surface area contributed by atoms with Gasteiger partial charge in [0.25, 0.3) is 0 Å². The summed E-state index contributed by atoms with van der Waals surface area (Å²) in [6.45, 7) is 10.5. The largest absolute Gasteiger partial charge is 0.395 e. The second-order valence-corrected chi connectivity index (χ2v) is 8.33. The van der Waals surface area contributed by atoms with E-state index in [9.17, 15) is 9.90 Å². The first-order valence-electron chi connectivity index (χ1n) is 10.6. The van der Waals surface area contributed by atoms with Crippen LogP contribution >= 0.6 is 0 Å². The minimum atomic E-state index is -0.0650. The molecule has 1 fully saturated rings. The summed E-state index contributed by atoms with van der Waals surface area (Å²) in [5, 5.41) is 12.7. The van der Waals surface area contributed by atoms with Crippen molar-refractivity contribution in [3.05, 3.63) is 35.9 Å². The SMILES string of the molecule is CC(C)CC(CN1CCN(C)CC1)NC(=O)N(CCO)CCc1ccccc1. The number of hydrogen-bond donors (Lipinski definition) is 2. The molecule has 28 heavy (non-hydrogen) atoms. The molecule has 2 amide bonds. The summed E-state index contributed by atoms with van der Waals surface area (Å²) in [7, 11) is 2.16. The second kappa shape index (κ2) is 12.0. The number of nitrogens with zero attached hydrogens (tertiary/aromatic N) is 3. The molecule has 0 aromatic heterocycles. The van der Waals surface area contributed by atoms with Gasteiger partial charge >= 0.3 is 6.03 Å². The van der Waals surface area contributed by atoms with Crippen LogP contribution in [0.3, 0.4) is 0 Å². The molecule has 0 spiro atoms. The third-order valence-corrected chi connectivity index (χ3v) is 5.33. The van der Waals surface area contributed by atoms with E-state index in [1.165, 1.54) is 5.56 Å². The Kier molecular flexibility index (Phi) is 9.75. The number of amides is 2. The van der Waals surface area contributed by atoms with Crippen molar-refractivity contribution in [1.82, 2.24) is 20.0 Å². The molecule has 1 unspecified atom stereocenters. The molecule has 1 aromatic carbocycles. The number of hydrogen-bond acceptors (Lipinski definition) is 4. The lowest BCUT2D eigenvalue weighted by Crippen LogP contribution is -2.53. The molecular formula is C22H38N4O2. The Labute approximate surface area is 170 Å². The normalized spacial score (nSPS) is 16.9. The lowest BCUT2D eigenvalue weighted by atomic mass is 10.0. The molecular weight excluding hydrogens is 352 g/mol. The Bertz CT molecular complexity index is 559. The van der Waals surface area contributed by atoms with Gasteiger partial charge in [-0.1, -0.05) is 44.2 Å². The van der Waals surface area contributed by atoms with Crippen molar-refractivity contribution in [2.24, 2.45) is 5.92 Å². The quantitative estimate of drug-likeness (QED) is 0.641. The van der Waals surface area contributed by atoms with Gasteiger partial charge in [0.15, 0.2) is 0 Å². The molecule has 1 aromatic rings. The summed E-state index contributed by atoms with van der Waals surface area (Å²) >= 11 is 0. The molecule has 1 aliphatic heterocycles. The van der Waals surface area contributed by atoms with Gasteiger partial charge in [0, 0.05) is 51.9 Å². The van der Waals surface area contributed by atoms with Crippen molar-refractivity contribution in [2.45, 2.75) is 32.7 Å². The van der Waals surface area contributed by atoms with Gasteiger partial charge in [0.2, 0.25) is 0 Å². The van der Waals surface area contributed by atoms with E-state index in [-0.39, 0.29) is 18.7 Å². The fraction of sp³-hybridized carbons (Fsp3) is 0.682. The monoisotopic (exact) mass is 390 g/mol. The van der Waals surface area contributed by atoms with Crippen LogP contribution in [0.25, 0.3) is 0 Å². The number of carbonyl (C=O) groups excluding carboxylic acids is 1. The van der Waals surface area contributed by atoms with Crippen LogP contribution in [0.2, 0.25) is 0 Å². The zero-order chi connectivity index (χ0) is 20.4. The van der Waals surface area contributed by atoms with Gasteiger partial charge in [-0.3, -0.25) is 4.90 Å². The van der Waals surface area contributed by atoms with E-state index >= 15 is 0 Å². The highest BCUT2D eigenvalue weighted by Crippen LogP contribution is 2.10. The standard InChI is InChI=1S/C22H38N4O2/c1-19(2)17-21(18-25-13-11-24(3)12-14-25)23-22(28)26(15-16-27)10-9-20-7-5-4-6-8-20/h4-8,19,21,27H,9-18H2,1-3H3,(H,23,28). The van der Waals surface area contributed by atoms with Crippen LogP contribution in [0.5, 0.6) is 0 Å². The summed E-state index contributed by atoms with van der Waals surface area (Å²) in [5.41, 5.74) is 1.20. The average Bonchev–Trinajstić information content (AvgIpc) is 2.67. The van der Waals surface area contributed by atoms with Crippen LogP contribution in [-0.4, -0.2) is 91.3 Å². The molecule has 6 nitrogen and oxygen atoms in total. The van der Waals surface area contributed by atoms with Crippen LogP contribution in [0.15, 0.2) is 30.3 Å².